The third kappa shape index (κ3) is 6.36. The second-order valence-electron chi connectivity index (χ2n) is 10.7. The van der Waals surface area contributed by atoms with Gasteiger partial charge in [0.15, 0.2) is 0 Å². The van der Waals surface area contributed by atoms with E-state index in [9.17, 15) is 24.5 Å². The fourth-order valence-corrected chi connectivity index (χ4v) is 5.27. The van der Waals surface area contributed by atoms with Crippen LogP contribution in [0.1, 0.15) is 59.2 Å². The Kier molecular flexibility index (Phi) is 7.78. The zero-order valence-corrected chi connectivity index (χ0v) is 21.8. The molecule has 5 rings (SSSR count). The fourth-order valence-electron chi connectivity index (χ4n) is 5.27. The normalized spacial score (nSPS) is 21.3. The van der Waals surface area contributed by atoms with Crippen molar-refractivity contribution in [1.29, 1.82) is 0 Å². The molecule has 3 aliphatic rings. The zero-order chi connectivity index (χ0) is 27.5. The van der Waals surface area contributed by atoms with Gasteiger partial charge in [0.2, 0.25) is 5.91 Å². The summed E-state index contributed by atoms with van der Waals surface area (Å²) in [6, 6.07) is 10.9. The number of nitrogens with two attached hydrogens (primary N) is 1. The Morgan fingerprint density at radius 2 is 1.49 bits per heavy atom. The molecule has 3 fully saturated rings. The van der Waals surface area contributed by atoms with Crippen LogP contribution in [-0.4, -0.2) is 65.8 Å². The molecule has 0 spiro atoms. The minimum absolute atomic E-state index is 0.0622. The van der Waals surface area contributed by atoms with Crippen LogP contribution in [0.4, 0.5) is 17.1 Å². The van der Waals surface area contributed by atoms with Crippen LogP contribution in [0.25, 0.3) is 0 Å². The number of nitro groups is 1. The molecular weight excluding hydrogens is 500 g/mol. The summed E-state index contributed by atoms with van der Waals surface area (Å²) < 4.78 is 0. The summed E-state index contributed by atoms with van der Waals surface area (Å²) >= 11 is 0. The third-order valence-corrected chi connectivity index (χ3v) is 7.81. The number of nitrogens with one attached hydrogen (secondary N) is 2. The van der Waals surface area contributed by atoms with Gasteiger partial charge in [-0.2, -0.15) is 0 Å². The number of nitrogens with zero attached hydrogens (tertiary/aromatic N) is 3. The number of amides is 3. The Labute approximate surface area is 226 Å². The molecule has 206 valence electrons. The van der Waals surface area contributed by atoms with E-state index in [2.05, 4.69) is 15.5 Å². The van der Waals surface area contributed by atoms with E-state index in [1.54, 1.807) is 12.1 Å². The molecule has 39 heavy (non-hydrogen) atoms. The zero-order valence-electron chi connectivity index (χ0n) is 21.8. The third-order valence-electron chi connectivity index (χ3n) is 7.81. The standard InChI is InChI=1S/C28H34N6O5/c29-21-6-8-22(9-7-21)30-27(36)20-5-12-25(32-13-15-33(16-14-32)28(37)19-1-2-19)24(17-20)31-26(35)18-3-10-23(11-4-18)34(38)39/h3-5,10-12,17,19,21-22H,1-2,6-9,13-16,29H2,(H,30,36)(H,31,35). The van der Waals surface area contributed by atoms with Gasteiger partial charge in [-0.1, -0.05) is 0 Å². The van der Waals surface area contributed by atoms with Crippen molar-refractivity contribution in [2.75, 3.05) is 36.4 Å². The van der Waals surface area contributed by atoms with Crippen molar-refractivity contribution < 1.29 is 19.3 Å². The fraction of sp³-hybridized carbons (Fsp3) is 0.464. The largest absolute Gasteiger partial charge is 0.366 e. The predicted molar refractivity (Wildman–Crippen MR) is 147 cm³/mol. The van der Waals surface area contributed by atoms with Crippen LogP contribution in [0, 0.1) is 16.0 Å². The maximum absolute atomic E-state index is 13.1. The van der Waals surface area contributed by atoms with Gasteiger partial charge in [-0.25, -0.2) is 0 Å². The van der Waals surface area contributed by atoms with E-state index in [0.717, 1.165) is 44.2 Å². The van der Waals surface area contributed by atoms with Crippen molar-refractivity contribution in [2.45, 2.75) is 50.6 Å². The molecule has 1 aliphatic heterocycles. The van der Waals surface area contributed by atoms with Gasteiger partial charge in [0.1, 0.15) is 0 Å². The van der Waals surface area contributed by atoms with Gasteiger partial charge < -0.3 is 26.2 Å². The molecule has 0 atom stereocenters. The summed E-state index contributed by atoms with van der Waals surface area (Å²) in [5.41, 5.74) is 7.80. The topological polar surface area (TPSA) is 151 Å². The van der Waals surface area contributed by atoms with E-state index in [0.29, 0.717) is 37.4 Å². The van der Waals surface area contributed by atoms with Crippen LogP contribution in [0.2, 0.25) is 0 Å². The SMILES string of the molecule is NC1CCC(NC(=O)c2ccc(N3CCN(C(=O)C4CC4)CC3)c(NC(=O)c3ccc([N+](=O)[O-])cc3)c2)CC1. The first kappa shape index (κ1) is 26.6. The van der Waals surface area contributed by atoms with Crippen LogP contribution >= 0.6 is 0 Å². The van der Waals surface area contributed by atoms with Gasteiger partial charge >= 0.3 is 0 Å². The molecule has 2 aliphatic carbocycles. The Balaban J connectivity index is 1.34. The number of carbonyl (C=O) groups excluding carboxylic acids is 3. The number of benzene rings is 2. The lowest BCUT2D eigenvalue weighted by atomic mass is 9.91. The molecular formula is C28H34N6O5. The molecule has 2 saturated carbocycles. The molecule has 3 amide bonds. The summed E-state index contributed by atoms with van der Waals surface area (Å²) in [5, 5.41) is 17.0. The Morgan fingerprint density at radius 3 is 2.10 bits per heavy atom. The Hall–Kier alpha value is -3.99. The number of carbonyl (C=O) groups is 3. The molecule has 0 aromatic heterocycles. The highest BCUT2D eigenvalue weighted by Gasteiger charge is 2.35. The van der Waals surface area contributed by atoms with E-state index >= 15 is 0 Å². The van der Waals surface area contributed by atoms with Crippen LogP contribution in [-0.2, 0) is 4.79 Å². The lowest BCUT2D eigenvalue weighted by molar-refractivity contribution is -0.384. The highest BCUT2D eigenvalue weighted by Crippen LogP contribution is 2.33. The van der Waals surface area contributed by atoms with Gasteiger partial charge in [0.25, 0.3) is 17.5 Å². The first-order valence-corrected chi connectivity index (χ1v) is 13.6. The van der Waals surface area contributed by atoms with Crippen LogP contribution < -0.4 is 21.3 Å². The summed E-state index contributed by atoms with van der Waals surface area (Å²) in [4.78, 5) is 53.2. The second-order valence-corrected chi connectivity index (χ2v) is 10.7. The molecule has 4 N–H and O–H groups in total. The summed E-state index contributed by atoms with van der Waals surface area (Å²) in [6.45, 7) is 2.40. The van der Waals surface area contributed by atoms with E-state index in [1.165, 1.54) is 24.3 Å². The Morgan fingerprint density at radius 1 is 0.846 bits per heavy atom. The minimum atomic E-state index is -0.518. The summed E-state index contributed by atoms with van der Waals surface area (Å²) in [7, 11) is 0. The predicted octanol–water partition coefficient (Wildman–Crippen LogP) is 2.91. The molecule has 1 saturated heterocycles. The summed E-state index contributed by atoms with van der Waals surface area (Å²) in [5.74, 6) is -0.261. The van der Waals surface area contributed by atoms with E-state index < -0.39 is 10.8 Å². The van der Waals surface area contributed by atoms with Crippen molar-refractivity contribution in [1.82, 2.24) is 10.2 Å². The van der Waals surface area contributed by atoms with E-state index in [4.69, 9.17) is 5.73 Å². The average Bonchev–Trinajstić information content (AvgIpc) is 3.80. The molecule has 11 heteroatoms. The van der Waals surface area contributed by atoms with Crippen molar-refractivity contribution >= 4 is 34.8 Å². The van der Waals surface area contributed by atoms with Crippen LogP contribution in [0.5, 0.6) is 0 Å². The molecule has 11 nitrogen and oxygen atoms in total. The number of hydrogen-bond acceptors (Lipinski definition) is 7. The van der Waals surface area contributed by atoms with Crippen molar-refractivity contribution in [2.24, 2.45) is 11.7 Å². The van der Waals surface area contributed by atoms with E-state index in [1.807, 2.05) is 11.0 Å². The lowest BCUT2D eigenvalue weighted by Crippen LogP contribution is -2.49. The minimum Gasteiger partial charge on any atom is -0.366 e. The number of piperazine rings is 1. The lowest BCUT2D eigenvalue weighted by Gasteiger charge is -2.37. The molecule has 2 aromatic carbocycles. The van der Waals surface area contributed by atoms with Gasteiger partial charge in [0.05, 0.1) is 16.3 Å². The van der Waals surface area contributed by atoms with Crippen molar-refractivity contribution in [3.8, 4) is 0 Å². The Bertz CT molecular complexity index is 1250. The van der Waals surface area contributed by atoms with Crippen LogP contribution in [0.3, 0.4) is 0 Å². The van der Waals surface area contributed by atoms with Gasteiger partial charge in [-0.15, -0.1) is 0 Å². The number of nitro benzene ring substituents is 1. The molecule has 2 aromatic rings. The smallest absolute Gasteiger partial charge is 0.269 e. The van der Waals surface area contributed by atoms with Gasteiger partial charge in [-0.3, -0.25) is 24.5 Å². The number of hydrogen-bond donors (Lipinski definition) is 3. The highest BCUT2D eigenvalue weighted by molar-refractivity contribution is 6.07. The molecule has 0 bridgehead atoms. The van der Waals surface area contributed by atoms with E-state index in [-0.39, 0.29) is 41.1 Å². The molecule has 1 heterocycles. The average molecular weight is 535 g/mol. The maximum atomic E-state index is 13.1. The van der Waals surface area contributed by atoms with Crippen molar-refractivity contribution in [3.63, 3.8) is 0 Å². The second kappa shape index (κ2) is 11.4. The maximum Gasteiger partial charge on any atom is 0.269 e. The number of anilines is 2. The molecule has 0 unspecified atom stereocenters. The number of non-ortho nitro benzene ring substituents is 1. The first-order chi connectivity index (χ1) is 18.8. The highest BCUT2D eigenvalue weighted by atomic mass is 16.6. The number of rotatable bonds is 7. The van der Waals surface area contributed by atoms with Gasteiger partial charge in [-0.05, 0) is 68.9 Å². The monoisotopic (exact) mass is 534 g/mol. The quantitative estimate of drug-likeness (QED) is 0.365. The van der Waals surface area contributed by atoms with Crippen LogP contribution in [0.15, 0.2) is 42.5 Å². The van der Waals surface area contributed by atoms with Crippen molar-refractivity contribution in [3.05, 3.63) is 63.7 Å². The first-order valence-electron chi connectivity index (χ1n) is 13.6. The summed E-state index contributed by atoms with van der Waals surface area (Å²) in [6.07, 6.45) is 5.34. The van der Waals surface area contributed by atoms with Gasteiger partial charge in [0, 0.05) is 67.4 Å². The molecule has 0 radical (unpaired) electrons.